The molecule has 1 fully saturated rings. The van der Waals surface area contributed by atoms with Crippen molar-refractivity contribution in [1.82, 2.24) is 10.3 Å². The van der Waals surface area contributed by atoms with Crippen LogP contribution in [0.15, 0.2) is 36.4 Å². The van der Waals surface area contributed by atoms with Crippen molar-refractivity contribution in [3.63, 3.8) is 0 Å². The van der Waals surface area contributed by atoms with Gasteiger partial charge in [-0.15, -0.1) is 0 Å². The number of halogens is 2. The second-order valence-electron chi connectivity index (χ2n) is 5.17. The fraction of sp³-hybridized carbons (Fsp3) is 0.312. The average molecular weight is 290 g/mol. The molecule has 0 aliphatic heterocycles. The van der Waals surface area contributed by atoms with Crippen LogP contribution in [-0.2, 0) is 13.2 Å². The molecule has 3 rings (SSSR count). The third-order valence-corrected chi connectivity index (χ3v) is 3.24. The maximum atomic E-state index is 13.1. The first-order valence-electron chi connectivity index (χ1n) is 6.96. The van der Waals surface area contributed by atoms with Crippen molar-refractivity contribution in [2.45, 2.75) is 32.0 Å². The number of hydrogen-bond donors (Lipinski definition) is 1. The van der Waals surface area contributed by atoms with Crippen LogP contribution < -0.4 is 10.1 Å². The number of aromatic nitrogens is 1. The Labute approximate surface area is 122 Å². The predicted molar refractivity (Wildman–Crippen MR) is 74.8 cm³/mol. The Balaban J connectivity index is 1.59. The van der Waals surface area contributed by atoms with Crippen molar-refractivity contribution in [3.05, 3.63) is 59.4 Å². The van der Waals surface area contributed by atoms with Crippen molar-refractivity contribution in [2.75, 3.05) is 0 Å². The first-order chi connectivity index (χ1) is 10.2. The number of rotatable bonds is 6. The Bertz CT molecular complexity index is 609. The molecule has 0 bridgehead atoms. The molecule has 5 heteroatoms. The first kappa shape index (κ1) is 13.9. The normalized spacial score (nSPS) is 14.2. The number of benzene rings is 1. The van der Waals surface area contributed by atoms with Gasteiger partial charge in [0.15, 0.2) is 0 Å². The van der Waals surface area contributed by atoms with Gasteiger partial charge in [-0.05, 0) is 25.0 Å². The lowest BCUT2D eigenvalue weighted by Crippen LogP contribution is -2.16. The van der Waals surface area contributed by atoms with Gasteiger partial charge in [0.2, 0.25) is 0 Å². The van der Waals surface area contributed by atoms with E-state index in [2.05, 4.69) is 10.3 Å². The topological polar surface area (TPSA) is 34.1 Å². The molecule has 0 amide bonds. The zero-order valence-electron chi connectivity index (χ0n) is 11.5. The standard InChI is InChI=1S/C16H16F2N2O/c17-11-6-12(18)8-16(7-11)21-10-15-3-1-2-14(20-15)9-19-13-4-5-13/h1-3,6-8,13,19H,4-5,9-10H2. The minimum Gasteiger partial charge on any atom is -0.487 e. The summed E-state index contributed by atoms with van der Waals surface area (Å²) in [4.78, 5) is 4.46. The Morgan fingerprint density at radius 1 is 1.10 bits per heavy atom. The molecule has 0 spiro atoms. The van der Waals surface area contributed by atoms with Crippen LogP contribution in [-0.4, -0.2) is 11.0 Å². The van der Waals surface area contributed by atoms with Crippen LogP contribution in [0.5, 0.6) is 5.75 Å². The Hall–Kier alpha value is -2.01. The van der Waals surface area contributed by atoms with Gasteiger partial charge in [-0.1, -0.05) is 6.07 Å². The summed E-state index contributed by atoms with van der Waals surface area (Å²) in [5.74, 6) is -1.14. The zero-order valence-corrected chi connectivity index (χ0v) is 11.5. The molecule has 2 aromatic rings. The van der Waals surface area contributed by atoms with E-state index in [1.807, 2.05) is 18.2 Å². The minimum absolute atomic E-state index is 0.163. The van der Waals surface area contributed by atoms with Crippen molar-refractivity contribution < 1.29 is 13.5 Å². The number of nitrogens with one attached hydrogen (secondary N) is 1. The van der Waals surface area contributed by atoms with Crippen LogP contribution in [0.2, 0.25) is 0 Å². The van der Waals surface area contributed by atoms with E-state index < -0.39 is 11.6 Å². The molecule has 0 saturated heterocycles. The van der Waals surface area contributed by atoms with Crippen LogP contribution in [0.3, 0.4) is 0 Å². The van der Waals surface area contributed by atoms with Gasteiger partial charge < -0.3 is 10.1 Å². The molecule has 1 saturated carbocycles. The van der Waals surface area contributed by atoms with Crippen LogP contribution in [0.25, 0.3) is 0 Å². The summed E-state index contributed by atoms with van der Waals surface area (Å²) < 4.78 is 31.5. The Morgan fingerprint density at radius 2 is 1.81 bits per heavy atom. The van der Waals surface area contributed by atoms with E-state index in [0.29, 0.717) is 6.04 Å². The Kier molecular flexibility index (Phi) is 4.10. The quantitative estimate of drug-likeness (QED) is 0.887. The molecular formula is C16H16F2N2O. The maximum Gasteiger partial charge on any atom is 0.130 e. The van der Waals surface area contributed by atoms with E-state index in [9.17, 15) is 8.78 Å². The van der Waals surface area contributed by atoms with Gasteiger partial charge in [0.1, 0.15) is 24.0 Å². The lowest BCUT2D eigenvalue weighted by Gasteiger charge is -2.08. The number of pyridine rings is 1. The molecule has 1 aliphatic carbocycles. The van der Waals surface area contributed by atoms with E-state index in [4.69, 9.17) is 4.74 Å². The summed E-state index contributed by atoms with van der Waals surface area (Å²) in [5.41, 5.74) is 1.67. The van der Waals surface area contributed by atoms with Gasteiger partial charge in [0, 0.05) is 30.8 Å². The molecule has 110 valence electrons. The van der Waals surface area contributed by atoms with Gasteiger partial charge in [-0.3, -0.25) is 4.98 Å². The van der Waals surface area contributed by atoms with Gasteiger partial charge in [-0.25, -0.2) is 8.78 Å². The molecule has 0 unspecified atom stereocenters. The summed E-state index contributed by atoms with van der Waals surface area (Å²) in [5, 5.41) is 3.39. The number of hydrogen-bond acceptors (Lipinski definition) is 3. The number of ether oxygens (including phenoxy) is 1. The number of nitrogens with zero attached hydrogens (tertiary/aromatic N) is 1. The van der Waals surface area contributed by atoms with E-state index in [1.54, 1.807) is 0 Å². The van der Waals surface area contributed by atoms with E-state index in [1.165, 1.54) is 12.8 Å². The van der Waals surface area contributed by atoms with Gasteiger partial charge in [-0.2, -0.15) is 0 Å². The predicted octanol–water partition coefficient (Wildman–Crippen LogP) is 3.19. The second-order valence-corrected chi connectivity index (χ2v) is 5.17. The van der Waals surface area contributed by atoms with E-state index in [-0.39, 0.29) is 12.4 Å². The molecule has 1 aromatic carbocycles. The van der Waals surface area contributed by atoms with Crippen molar-refractivity contribution in [2.24, 2.45) is 0 Å². The summed E-state index contributed by atoms with van der Waals surface area (Å²) in [6.45, 7) is 0.910. The molecular weight excluding hydrogens is 274 g/mol. The summed E-state index contributed by atoms with van der Waals surface area (Å²) in [6.07, 6.45) is 2.46. The van der Waals surface area contributed by atoms with Crippen molar-refractivity contribution in [1.29, 1.82) is 0 Å². The van der Waals surface area contributed by atoms with Crippen molar-refractivity contribution in [3.8, 4) is 5.75 Å². The van der Waals surface area contributed by atoms with Crippen LogP contribution in [0.1, 0.15) is 24.2 Å². The van der Waals surface area contributed by atoms with Crippen molar-refractivity contribution >= 4 is 0 Å². The summed E-state index contributed by atoms with van der Waals surface area (Å²) >= 11 is 0. The highest BCUT2D eigenvalue weighted by atomic mass is 19.1. The molecule has 3 nitrogen and oxygen atoms in total. The third-order valence-electron chi connectivity index (χ3n) is 3.24. The van der Waals surface area contributed by atoms with Gasteiger partial charge in [0.25, 0.3) is 0 Å². The largest absolute Gasteiger partial charge is 0.487 e. The van der Waals surface area contributed by atoms with Crippen LogP contribution >= 0.6 is 0 Å². The fourth-order valence-corrected chi connectivity index (χ4v) is 2.01. The van der Waals surface area contributed by atoms with Crippen LogP contribution in [0, 0.1) is 11.6 Å². The monoisotopic (exact) mass is 290 g/mol. The Morgan fingerprint density at radius 3 is 2.52 bits per heavy atom. The van der Waals surface area contributed by atoms with Gasteiger partial charge >= 0.3 is 0 Å². The molecule has 1 aromatic heterocycles. The summed E-state index contributed by atoms with van der Waals surface area (Å²) in [7, 11) is 0. The highest BCUT2D eigenvalue weighted by molar-refractivity contribution is 5.24. The lowest BCUT2D eigenvalue weighted by molar-refractivity contribution is 0.297. The van der Waals surface area contributed by atoms with Crippen LogP contribution in [0.4, 0.5) is 8.78 Å². The highest BCUT2D eigenvalue weighted by Gasteiger charge is 2.20. The molecule has 1 heterocycles. The van der Waals surface area contributed by atoms with E-state index in [0.717, 1.165) is 36.1 Å². The maximum absolute atomic E-state index is 13.1. The minimum atomic E-state index is -0.652. The lowest BCUT2D eigenvalue weighted by atomic mass is 10.3. The third kappa shape index (κ3) is 4.23. The fourth-order valence-electron chi connectivity index (χ4n) is 2.01. The SMILES string of the molecule is Fc1cc(F)cc(OCc2cccc(CNC3CC3)n2)c1. The molecule has 1 N–H and O–H groups in total. The molecule has 0 atom stereocenters. The summed E-state index contributed by atoms with van der Waals surface area (Å²) in [6, 6.07) is 9.43. The molecule has 21 heavy (non-hydrogen) atoms. The second kappa shape index (κ2) is 6.18. The average Bonchev–Trinajstić information content (AvgIpc) is 3.27. The smallest absolute Gasteiger partial charge is 0.130 e. The molecule has 1 aliphatic rings. The molecule has 0 radical (unpaired) electrons. The zero-order chi connectivity index (χ0) is 14.7. The first-order valence-corrected chi connectivity index (χ1v) is 6.96. The van der Waals surface area contributed by atoms with E-state index >= 15 is 0 Å². The van der Waals surface area contributed by atoms with Gasteiger partial charge in [0.05, 0.1) is 11.4 Å². The highest BCUT2D eigenvalue weighted by Crippen LogP contribution is 2.19.